The van der Waals surface area contributed by atoms with Crippen LogP contribution in [0.1, 0.15) is 23.1 Å². The molecule has 2 unspecified atom stereocenters. The van der Waals surface area contributed by atoms with Gasteiger partial charge in [0.25, 0.3) is 0 Å². The third-order valence-electron chi connectivity index (χ3n) is 7.00. The smallest absolute Gasteiger partial charge is 0.335 e. The van der Waals surface area contributed by atoms with Gasteiger partial charge in [0.15, 0.2) is 12.4 Å². The van der Waals surface area contributed by atoms with Gasteiger partial charge in [0.05, 0.1) is 53.1 Å². The van der Waals surface area contributed by atoms with Crippen LogP contribution in [0.4, 0.5) is 0 Å². The fourth-order valence-electron chi connectivity index (χ4n) is 4.71. The highest BCUT2D eigenvalue weighted by molar-refractivity contribution is 5.81. The van der Waals surface area contributed by atoms with Crippen molar-refractivity contribution in [3.05, 3.63) is 108 Å². The van der Waals surface area contributed by atoms with Crippen LogP contribution in [0.3, 0.4) is 0 Å². The Hall–Kier alpha value is -3.64. The average molecular weight is 594 g/mol. The Bertz CT molecular complexity index is 1250. The zero-order valence-corrected chi connectivity index (χ0v) is 24.4. The van der Waals surface area contributed by atoms with Gasteiger partial charge in [-0.3, -0.25) is 4.79 Å². The molecule has 230 valence electrons. The second-order valence-corrected chi connectivity index (χ2v) is 10.1. The molecular formula is C33H39NO9. The molecule has 10 nitrogen and oxygen atoms in total. The van der Waals surface area contributed by atoms with Crippen molar-refractivity contribution < 1.29 is 42.7 Å². The van der Waals surface area contributed by atoms with E-state index in [1.165, 1.54) is 14.2 Å². The number of hydrogen-bond acceptors (Lipinski definition) is 10. The minimum Gasteiger partial charge on any atom is -0.469 e. The molecule has 2 N–H and O–H groups in total. The Balaban J connectivity index is 1.59. The van der Waals surface area contributed by atoms with Gasteiger partial charge >= 0.3 is 11.9 Å². The number of carbonyl (C=O) groups excluding carboxylic acids is 2. The maximum Gasteiger partial charge on any atom is 0.335 e. The van der Waals surface area contributed by atoms with Crippen LogP contribution in [-0.2, 0) is 62.6 Å². The maximum atomic E-state index is 12.5. The van der Waals surface area contributed by atoms with Crippen LogP contribution in [-0.4, -0.2) is 69.5 Å². The van der Waals surface area contributed by atoms with Crippen LogP contribution in [0.25, 0.3) is 0 Å². The van der Waals surface area contributed by atoms with Gasteiger partial charge < -0.3 is 38.9 Å². The lowest BCUT2D eigenvalue weighted by Gasteiger charge is -2.45. The fraction of sp³-hybridized carbons (Fsp3) is 0.394. The number of esters is 2. The van der Waals surface area contributed by atoms with Gasteiger partial charge in [0.2, 0.25) is 0 Å². The van der Waals surface area contributed by atoms with E-state index in [0.717, 1.165) is 16.7 Å². The molecular weight excluding hydrogens is 554 g/mol. The van der Waals surface area contributed by atoms with E-state index in [2.05, 4.69) is 0 Å². The van der Waals surface area contributed by atoms with Gasteiger partial charge in [-0.05, 0) is 16.7 Å². The molecule has 0 aliphatic carbocycles. The third kappa shape index (κ3) is 9.69. The molecule has 0 bridgehead atoms. The van der Waals surface area contributed by atoms with Crippen molar-refractivity contribution >= 4 is 11.9 Å². The first-order valence-corrected chi connectivity index (χ1v) is 14.1. The summed E-state index contributed by atoms with van der Waals surface area (Å²) in [7, 11) is 2.43. The quantitative estimate of drug-likeness (QED) is 0.262. The monoisotopic (exact) mass is 593 g/mol. The summed E-state index contributed by atoms with van der Waals surface area (Å²) in [6, 6.07) is 28.2. The lowest BCUT2D eigenvalue weighted by molar-refractivity contribution is -0.295. The van der Waals surface area contributed by atoms with Gasteiger partial charge in [0, 0.05) is 0 Å². The third-order valence-corrected chi connectivity index (χ3v) is 7.00. The number of hydrogen-bond donors (Lipinski definition) is 1. The van der Waals surface area contributed by atoms with E-state index in [1.54, 1.807) is 0 Å². The van der Waals surface area contributed by atoms with E-state index in [-0.39, 0.29) is 26.2 Å². The van der Waals surface area contributed by atoms with Crippen LogP contribution in [0.2, 0.25) is 0 Å². The van der Waals surface area contributed by atoms with Crippen LogP contribution < -0.4 is 5.73 Å². The molecule has 0 amide bonds. The Labute approximate surface area is 251 Å². The molecule has 4 rings (SSSR count). The topological polar surface area (TPSA) is 125 Å². The molecule has 0 saturated carbocycles. The number of rotatable bonds is 15. The Morgan fingerprint density at radius 2 is 1.26 bits per heavy atom. The summed E-state index contributed by atoms with van der Waals surface area (Å²) < 4.78 is 40.8. The highest BCUT2D eigenvalue weighted by atomic mass is 16.7. The van der Waals surface area contributed by atoms with Crippen molar-refractivity contribution in [2.75, 3.05) is 20.8 Å². The first-order valence-electron chi connectivity index (χ1n) is 14.1. The molecule has 6 atom stereocenters. The lowest BCUT2D eigenvalue weighted by Crippen LogP contribution is -2.64. The summed E-state index contributed by atoms with van der Waals surface area (Å²) in [6.45, 7) is 0.982. The first kappa shape index (κ1) is 32.3. The summed E-state index contributed by atoms with van der Waals surface area (Å²) in [6.07, 6.45) is -4.94. The second-order valence-electron chi connectivity index (χ2n) is 10.1. The molecule has 1 saturated heterocycles. The van der Waals surface area contributed by atoms with Gasteiger partial charge in [-0.2, -0.15) is 0 Å². The fourth-order valence-corrected chi connectivity index (χ4v) is 4.71. The number of benzene rings is 3. The van der Waals surface area contributed by atoms with Crippen LogP contribution >= 0.6 is 0 Å². The summed E-state index contributed by atoms with van der Waals surface area (Å²) in [5.41, 5.74) is 9.61. The Morgan fingerprint density at radius 3 is 1.77 bits per heavy atom. The molecule has 43 heavy (non-hydrogen) atoms. The molecule has 1 fully saturated rings. The number of carbonyl (C=O) groups is 2. The molecule has 10 heteroatoms. The number of methoxy groups -OCH3 is 2. The number of ether oxygens (including phenoxy) is 7. The average Bonchev–Trinajstić information content (AvgIpc) is 3.05. The lowest BCUT2D eigenvalue weighted by atomic mass is 9.96. The van der Waals surface area contributed by atoms with E-state index in [1.807, 2.05) is 91.0 Å². The summed E-state index contributed by atoms with van der Waals surface area (Å²) in [4.78, 5) is 24.6. The molecule has 3 aromatic carbocycles. The first-order chi connectivity index (χ1) is 21.0. The predicted molar refractivity (Wildman–Crippen MR) is 156 cm³/mol. The summed E-state index contributed by atoms with van der Waals surface area (Å²) in [5, 5.41) is 0. The molecule has 0 spiro atoms. The van der Waals surface area contributed by atoms with Crippen molar-refractivity contribution in [1.29, 1.82) is 0 Å². The van der Waals surface area contributed by atoms with Gasteiger partial charge in [-0.15, -0.1) is 0 Å². The molecule has 3 aromatic rings. The van der Waals surface area contributed by atoms with Crippen LogP contribution in [0.15, 0.2) is 91.0 Å². The summed E-state index contributed by atoms with van der Waals surface area (Å²) in [5.74, 6) is -1.41. The Morgan fingerprint density at radius 1 is 0.744 bits per heavy atom. The van der Waals surface area contributed by atoms with E-state index >= 15 is 0 Å². The van der Waals surface area contributed by atoms with Gasteiger partial charge in [-0.25, -0.2) is 4.79 Å². The van der Waals surface area contributed by atoms with E-state index in [9.17, 15) is 9.59 Å². The van der Waals surface area contributed by atoms with Gasteiger partial charge in [0.1, 0.15) is 18.3 Å². The highest BCUT2D eigenvalue weighted by Gasteiger charge is 2.48. The van der Waals surface area contributed by atoms with E-state index in [0.29, 0.717) is 6.61 Å². The van der Waals surface area contributed by atoms with E-state index in [4.69, 9.17) is 38.9 Å². The van der Waals surface area contributed by atoms with Gasteiger partial charge in [-0.1, -0.05) is 91.0 Å². The SMILES string of the molecule is COC(=O)C[C@H](OC1O[C@H](COCc2ccccc2)[C@H](OCc2ccccc2)[C@H](OCc2ccccc2)C1N)C(=O)OC. The predicted octanol–water partition coefficient (Wildman–Crippen LogP) is 3.55. The molecule has 1 aliphatic rings. The second kappa shape index (κ2) is 16.9. The molecule has 0 radical (unpaired) electrons. The van der Waals surface area contributed by atoms with Crippen molar-refractivity contribution in [2.45, 2.75) is 63.0 Å². The number of nitrogens with two attached hydrogens (primary N) is 1. The van der Waals surface area contributed by atoms with Crippen LogP contribution in [0, 0.1) is 0 Å². The zero-order valence-electron chi connectivity index (χ0n) is 24.4. The standard InChI is InChI=1S/C33H39NO9/c1-37-28(35)18-26(32(36)38-2)42-33-29(34)31(41-21-25-16-10-5-11-17-25)30(40-20-24-14-8-4-9-15-24)27(43-33)22-39-19-23-12-6-3-7-13-23/h3-17,26-27,29-31,33H,18-22,34H2,1-2H3/t26-,27+,29?,30-,31+,33?/m0/s1. The van der Waals surface area contributed by atoms with Crippen LogP contribution in [0.5, 0.6) is 0 Å². The largest absolute Gasteiger partial charge is 0.469 e. The molecule has 1 aliphatic heterocycles. The zero-order chi connectivity index (χ0) is 30.4. The van der Waals surface area contributed by atoms with Crippen molar-refractivity contribution in [2.24, 2.45) is 5.73 Å². The highest BCUT2D eigenvalue weighted by Crippen LogP contribution is 2.29. The van der Waals surface area contributed by atoms with Crippen molar-refractivity contribution in [3.63, 3.8) is 0 Å². The maximum absolute atomic E-state index is 12.5. The minimum atomic E-state index is -1.31. The van der Waals surface area contributed by atoms with Crippen molar-refractivity contribution in [1.82, 2.24) is 0 Å². The molecule has 1 heterocycles. The Kier molecular flexibility index (Phi) is 12.7. The summed E-state index contributed by atoms with van der Waals surface area (Å²) >= 11 is 0. The van der Waals surface area contributed by atoms with Crippen molar-refractivity contribution in [3.8, 4) is 0 Å². The minimum absolute atomic E-state index is 0.117. The van der Waals surface area contributed by atoms with E-state index < -0.39 is 48.7 Å². The molecule has 0 aromatic heterocycles. The normalized spacial score (nSPS) is 22.4.